The van der Waals surface area contributed by atoms with E-state index in [-0.39, 0.29) is 53.5 Å². The van der Waals surface area contributed by atoms with Crippen molar-refractivity contribution in [2.45, 2.75) is 296 Å². The number of hydrogen-bond donors (Lipinski definition) is 1. The zero-order valence-electron chi connectivity index (χ0n) is 49.2. The van der Waals surface area contributed by atoms with E-state index in [0.29, 0.717) is 67.4 Å². The van der Waals surface area contributed by atoms with Gasteiger partial charge < -0.3 is 38.4 Å². The van der Waals surface area contributed by atoms with Gasteiger partial charge in [-0.2, -0.15) is 0 Å². The number of aliphatic imine (C=N–C) groups is 1. The van der Waals surface area contributed by atoms with Gasteiger partial charge in [0.25, 0.3) is 0 Å². The fourth-order valence-corrected chi connectivity index (χ4v) is 18.8. The highest BCUT2D eigenvalue weighted by Crippen LogP contribution is 2.44. The predicted octanol–water partition coefficient (Wildman–Crippen LogP) is 15.8. The second-order valence-corrected chi connectivity index (χ2v) is 34.5. The lowest BCUT2D eigenvalue weighted by Gasteiger charge is -2.44. The Hall–Kier alpha value is -2.30. The van der Waals surface area contributed by atoms with Gasteiger partial charge in [0.05, 0.1) is 43.2 Å². The highest BCUT2D eigenvalue weighted by atomic mass is 28.4. The smallest absolute Gasteiger partial charge is 0.337 e. The standard InChI is InChI=1S/C60H111N3O8Si2/c1-15-41-66-55(64)38-28-26-24-22-20-18-17-19-21-23-25-27-31-42-67-57(65)56-53(37-32-34-49(9)70-72(13,14)60(10,11)12)62-59(61)63-51(39-40-54(56)63)45-50(58-68-43-33-44-69-58)35-29-30-36-52(16-2)71-73(46(3)4,47(5)6)48(7)8/h15,30,36,46-52,54,58H,1,16-29,31-35,37-45H2,2-14H3,(H2,61,62)/b36-30-/t49-,50?,51-,52-,54-/m0/s1. The maximum Gasteiger partial charge on any atom is 0.337 e. The van der Waals surface area contributed by atoms with Gasteiger partial charge in [-0.1, -0.05) is 165 Å². The number of guanidine groups is 1. The van der Waals surface area contributed by atoms with Crippen molar-refractivity contribution < 1.29 is 37.4 Å². The summed E-state index contributed by atoms with van der Waals surface area (Å²) in [5.74, 6) is 0.328. The summed E-state index contributed by atoms with van der Waals surface area (Å²) in [6.07, 6.45) is 30.5. The molecule has 3 heterocycles. The summed E-state index contributed by atoms with van der Waals surface area (Å²) in [6.45, 7) is 35.8. The third-order valence-corrected chi connectivity index (χ3v) is 27.4. The highest BCUT2D eigenvalue weighted by Gasteiger charge is 2.47. The molecule has 0 aromatic heterocycles. The number of allylic oxidation sites excluding steroid dienone is 2. The van der Waals surface area contributed by atoms with Crippen LogP contribution in [0.15, 0.2) is 41.1 Å². The van der Waals surface area contributed by atoms with Crippen molar-refractivity contribution >= 4 is 34.5 Å². The molecule has 3 rings (SSSR count). The SMILES string of the molecule is C=CCOC(=O)CCCCCCCCCCCCCCCOC(=O)C1=C(CCC[C@H](C)O[Si](C)(C)C(C)(C)C)N=C(N)N2[C@H](CC(CC/C=C\[C@H](CC)O[Si](C(C)C)(C(C)C)C(C)C)C3OCCCO3)CC[C@@H]12. The Labute approximate surface area is 449 Å². The first-order valence-corrected chi connectivity index (χ1v) is 34.8. The Morgan fingerprint density at radius 3 is 1.93 bits per heavy atom. The number of hydrogen-bond acceptors (Lipinski definition) is 11. The Bertz CT molecular complexity index is 1660. The molecule has 2 fully saturated rings. The van der Waals surface area contributed by atoms with Crippen molar-refractivity contribution in [2.75, 3.05) is 26.4 Å². The van der Waals surface area contributed by atoms with E-state index < -0.39 is 16.6 Å². The Kier molecular flexibility index (Phi) is 30.1. The third kappa shape index (κ3) is 21.6. The first-order chi connectivity index (χ1) is 34.7. The maximum absolute atomic E-state index is 14.4. The Morgan fingerprint density at radius 2 is 1.38 bits per heavy atom. The molecule has 1 unspecified atom stereocenters. The molecule has 0 aromatic rings. The summed E-state index contributed by atoms with van der Waals surface area (Å²) in [4.78, 5) is 33.3. The van der Waals surface area contributed by atoms with Gasteiger partial charge in [-0.15, -0.1) is 0 Å². The van der Waals surface area contributed by atoms with Crippen molar-refractivity contribution in [1.82, 2.24) is 4.90 Å². The molecule has 2 saturated heterocycles. The molecular weight excluding hydrogens is 947 g/mol. The normalized spacial score (nSPS) is 19.5. The predicted molar refractivity (Wildman–Crippen MR) is 309 cm³/mol. The number of nitrogens with two attached hydrogens (primary N) is 1. The Balaban J connectivity index is 1.62. The van der Waals surface area contributed by atoms with Crippen LogP contribution in [0.2, 0.25) is 34.8 Å². The number of unbranched alkanes of at least 4 members (excludes halogenated alkanes) is 12. The van der Waals surface area contributed by atoms with Crippen LogP contribution in [0, 0.1) is 5.92 Å². The van der Waals surface area contributed by atoms with Gasteiger partial charge in [0, 0.05) is 24.5 Å². The van der Waals surface area contributed by atoms with Gasteiger partial charge >= 0.3 is 11.9 Å². The van der Waals surface area contributed by atoms with Crippen molar-refractivity contribution in [2.24, 2.45) is 16.6 Å². The van der Waals surface area contributed by atoms with Crippen LogP contribution in [0.25, 0.3) is 0 Å². The first kappa shape index (κ1) is 65.0. The van der Waals surface area contributed by atoms with Crippen LogP contribution in [-0.2, 0) is 37.4 Å². The molecule has 0 bridgehead atoms. The maximum atomic E-state index is 14.4. The van der Waals surface area contributed by atoms with Crippen LogP contribution in [0.4, 0.5) is 0 Å². The minimum absolute atomic E-state index is 0.108. The van der Waals surface area contributed by atoms with Gasteiger partial charge in [-0.3, -0.25) is 4.79 Å². The van der Waals surface area contributed by atoms with Crippen LogP contribution in [-0.4, -0.2) is 96.4 Å². The van der Waals surface area contributed by atoms with Gasteiger partial charge in [-0.25, -0.2) is 9.79 Å². The number of nitrogens with zero attached hydrogens (tertiary/aromatic N) is 2. The number of ether oxygens (including phenoxy) is 4. The number of fused-ring (bicyclic) bond motifs is 1. The fourth-order valence-electron chi connectivity index (χ4n) is 11.7. The second kappa shape index (κ2) is 33.8. The summed E-state index contributed by atoms with van der Waals surface area (Å²) in [5, 5.41) is 0.139. The van der Waals surface area contributed by atoms with Gasteiger partial charge in [0.1, 0.15) is 6.61 Å². The molecule has 0 amide bonds. The van der Waals surface area contributed by atoms with Crippen molar-refractivity contribution in [3.63, 3.8) is 0 Å². The molecule has 3 aliphatic rings. The summed E-state index contributed by atoms with van der Waals surface area (Å²) >= 11 is 0. The number of rotatable bonds is 38. The van der Waals surface area contributed by atoms with Crippen LogP contribution in [0.5, 0.6) is 0 Å². The van der Waals surface area contributed by atoms with Crippen molar-refractivity contribution in [1.29, 1.82) is 0 Å². The first-order valence-electron chi connectivity index (χ1n) is 29.7. The fraction of sp³-hybridized carbons (Fsp3) is 0.850. The van der Waals surface area contributed by atoms with Gasteiger partial charge in [0.15, 0.2) is 20.6 Å². The van der Waals surface area contributed by atoms with Gasteiger partial charge in [0.2, 0.25) is 8.32 Å². The number of esters is 2. The molecule has 0 aromatic carbocycles. The molecular formula is C60H111N3O8Si2. The van der Waals surface area contributed by atoms with Crippen LogP contribution in [0.3, 0.4) is 0 Å². The van der Waals surface area contributed by atoms with E-state index in [4.69, 9.17) is 38.5 Å². The zero-order chi connectivity index (χ0) is 54.0. The molecule has 73 heavy (non-hydrogen) atoms. The average Bonchev–Trinajstić information content (AvgIpc) is 3.75. The van der Waals surface area contributed by atoms with Crippen molar-refractivity contribution in [3.8, 4) is 0 Å². The minimum Gasteiger partial charge on any atom is -0.462 e. The third-order valence-electron chi connectivity index (χ3n) is 16.7. The van der Waals surface area contributed by atoms with E-state index in [1.165, 1.54) is 51.4 Å². The summed E-state index contributed by atoms with van der Waals surface area (Å²) < 4.78 is 37.8. The molecule has 3 aliphatic heterocycles. The molecule has 13 heteroatoms. The summed E-state index contributed by atoms with van der Waals surface area (Å²) in [7, 11) is -3.93. The minimum atomic E-state index is -2.01. The molecule has 422 valence electrons. The molecule has 0 radical (unpaired) electrons. The van der Waals surface area contributed by atoms with Gasteiger partial charge in [-0.05, 0) is 119 Å². The lowest BCUT2D eigenvalue weighted by Crippen LogP contribution is -2.51. The van der Waals surface area contributed by atoms with E-state index in [0.717, 1.165) is 95.6 Å². The Morgan fingerprint density at radius 1 is 0.808 bits per heavy atom. The zero-order valence-corrected chi connectivity index (χ0v) is 51.2. The summed E-state index contributed by atoms with van der Waals surface area (Å²) in [5.41, 5.74) is 10.1. The monoisotopic (exact) mass is 1060 g/mol. The van der Waals surface area contributed by atoms with Crippen molar-refractivity contribution in [3.05, 3.63) is 36.1 Å². The molecule has 0 aliphatic carbocycles. The van der Waals surface area contributed by atoms with Crippen LogP contribution >= 0.6 is 0 Å². The molecule has 0 spiro atoms. The second-order valence-electron chi connectivity index (χ2n) is 24.4. The van der Waals surface area contributed by atoms with E-state index in [1.807, 2.05) is 0 Å². The number of carbonyl (C=O) groups is 2. The molecule has 11 nitrogen and oxygen atoms in total. The van der Waals surface area contributed by atoms with E-state index in [9.17, 15) is 9.59 Å². The average molecular weight is 1060 g/mol. The highest BCUT2D eigenvalue weighted by molar-refractivity contribution is 6.77. The lowest BCUT2D eigenvalue weighted by atomic mass is 9.92. The molecule has 0 saturated carbocycles. The van der Waals surface area contributed by atoms with E-state index in [1.54, 1.807) is 6.08 Å². The van der Waals surface area contributed by atoms with Crippen LogP contribution < -0.4 is 5.73 Å². The lowest BCUT2D eigenvalue weighted by molar-refractivity contribution is -0.208. The quantitative estimate of drug-likeness (QED) is 0.0276. The topological polar surface area (TPSA) is 131 Å². The van der Waals surface area contributed by atoms with E-state index in [2.05, 4.69) is 113 Å². The largest absolute Gasteiger partial charge is 0.462 e. The molecule has 2 N–H and O–H groups in total. The molecule has 5 atom stereocenters. The number of carbonyl (C=O) groups excluding carboxylic acids is 2. The summed E-state index contributed by atoms with van der Waals surface area (Å²) in [6, 6.07) is -0.0512. The van der Waals surface area contributed by atoms with E-state index >= 15 is 0 Å². The van der Waals surface area contributed by atoms with Crippen LogP contribution in [0.1, 0.15) is 230 Å².